The van der Waals surface area contributed by atoms with E-state index < -0.39 is 4.62 Å². The van der Waals surface area contributed by atoms with Crippen molar-refractivity contribution in [3.05, 3.63) is 0 Å². The summed E-state index contributed by atoms with van der Waals surface area (Å²) < 4.78 is 10.2. The van der Waals surface area contributed by atoms with Gasteiger partial charge in [0.1, 0.15) is 4.62 Å². The molecule has 11 heavy (non-hydrogen) atoms. The first kappa shape index (κ1) is 9.48. The number of alkyl halides is 1. The van der Waals surface area contributed by atoms with Gasteiger partial charge in [-0.1, -0.05) is 19.3 Å². The number of hydrogen-bond acceptors (Lipinski definition) is 1. The second-order valence-electron chi connectivity index (χ2n) is 3.45. The van der Waals surface area contributed by atoms with Gasteiger partial charge in [-0.3, -0.25) is 4.57 Å². The molecule has 0 N–H and O–H groups in total. The lowest BCUT2D eigenvalue weighted by atomic mass is 9.87. The van der Waals surface area contributed by atoms with E-state index in [1.165, 1.54) is 19.3 Å². The Balaban J connectivity index is 2.50. The van der Waals surface area contributed by atoms with Crippen molar-refractivity contribution in [1.29, 1.82) is 0 Å². The lowest BCUT2D eigenvalue weighted by molar-refractivity contribution is 0.334. The molecule has 3 heteroatoms. The van der Waals surface area contributed by atoms with Gasteiger partial charge in [0.25, 0.3) is 0 Å². The van der Waals surface area contributed by atoms with Gasteiger partial charge in [0.15, 0.2) is 8.46 Å². The lowest BCUT2D eigenvalue weighted by Gasteiger charge is -2.29. The van der Waals surface area contributed by atoms with Crippen LogP contribution < -0.4 is 0 Å². The molecule has 0 heterocycles. The molecule has 1 saturated carbocycles. The van der Waals surface area contributed by atoms with E-state index in [9.17, 15) is 4.57 Å². The van der Waals surface area contributed by atoms with Crippen molar-refractivity contribution in [2.24, 2.45) is 5.92 Å². The van der Waals surface area contributed by atoms with Crippen LogP contribution in [0.2, 0.25) is 0 Å². The molecule has 0 spiro atoms. The maximum atomic E-state index is 10.7. The fourth-order valence-electron chi connectivity index (χ4n) is 1.70. The molecule has 1 unspecified atom stereocenters. The molecule has 0 aliphatic heterocycles. The first-order valence-corrected chi connectivity index (χ1v) is 5.39. The Morgan fingerprint density at radius 2 is 1.91 bits per heavy atom. The van der Waals surface area contributed by atoms with Crippen molar-refractivity contribution < 1.29 is 4.57 Å². The zero-order valence-electron chi connectivity index (χ0n) is 6.85. The third-order valence-corrected chi connectivity index (χ3v) is 3.77. The molecule has 1 aliphatic carbocycles. The highest BCUT2D eigenvalue weighted by atomic mass is 35.5. The molecule has 64 valence electrons. The summed E-state index contributed by atoms with van der Waals surface area (Å²) in [5.41, 5.74) is 0. The van der Waals surface area contributed by atoms with Gasteiger partial charge in [-0.25, -0.2) is 0 Å². The molecule has 1 aliphatic rings. The van der Waals surface area contributed by atoms with Crippen LogP contribution in [0, 0.1) is 5.92 Å². The molecule has 1 fully saturated rings. The van der Waals surface area contributed by atoms with Crippen LogP contribution >= 0.6 is 20.1 Å². The van der Waals surface area contributed by atoms with E-state index >= 15 is 0 Å². The molecule has 0 aromatic heterocycles. The standard InChI is InChI=1S/C8H14ClOP/c1-8(9,11-10)7-5-3-2-4-6-7/h7H,2-6H2,1H3. The molecule has 1 atom stereocenters. The smallest absolute Gasteiger partial charge is 0.178 e. The molecule has 0 radical (unpaired) electrons. The molecule has 0 amide bonds. The predicted octanol–water partition coefficient (Wildman–Crippen LogP) is 3.81. The van der Waals surface area contributed by atoms with Crippen LogP contribution in [0.3, 0.4) is 0 Å². The average molecular weight is 193 g/mol. The zero-order valence-corrected chi connectivity index (χ0v) is 8.50. The SMILES string of the molecule is CC(Cl)(P=O)C1CCCCC1. The summed E-state index contributed by atoms with van der Waals surface area (Å²) in [4.78, 5) is 0. The van der Waals surface area contributed by atoms with Crippen molar-refractivity contribution in [1.82, 2.24) is 0 Å². The molecule has 1 nitrogen and oxygen atoms in total. The van der Waals surface area contributed by atoms with Gasteiger partial charge in [0.05, 0.1) is 0 Å². The van der Waals surface area contributed by atoms with E-state index in [1.807, 2.05) is 6.92 Å². The highest BCUT2D eigenvalue weighted by molar-refractivity contribution is 7.29. The quantitative estimate of drug-likeness (QED) is 0.480. The minimum absolute atomic E-state index is 0.0899. The van der Waals surface area contributed by atoms with Crippen molar-refractivity contribution >= 4 is 20.1 Å². The van der Waals surface area contributed by atoms with Crippen LogP contribution in [-0.2, 0) is 4.57 Å². The van der Waals surface area contributed by atoms with E-state index in [4.69, 9.17) is 11.6 Å². The maximum Gasteiger partial charge on any atom is 0.178 e. The molecule has 0 aromatic carbocycles. The molecular weight excluding hydrogens is 179 g/mol. The van der Waals surface area contributed by atoms with Gasteiger partial charge in [-0.15, -0.1) is 11.6 Å². The van der Waals surface area contributed by atoms with Crippen LogP contribution in [0.25, 0.3) is 0 Å². The predicted molar refractivity (Wildman–Crippen MR) is 48.4 cm³/mol. The molecule has 0 bridgehead atoms. The van der Waals surface area contributed by atoms with Gasteiger partial charge < -0.3 is 0 Å². The van der Waals surface area contributed by atoms with Gasteiger partial charge in [-0.05, 0) is 25.7 Å². The van der Waals surface area contributed by atoms with E-state index in [2.05, 4.69) is 0 Å². The monoisotopic (exact) mass is 192 g/mol. The van der Waals surface area contributed by atoms with Gasteiger partial charge in [-0.2, -0.15) is 0 Å². The topological polar surface area (TPSA) is 17.1 Å². The highest BCUT2D eigenvalue weighted by Gasteiger charge is 2.33. The largest absolute Gasteiger partial charge is 0.273 e. The Hall–Kier alpha value is 0.390. The molecule has 1 rings (SSSR count). The molecule has 0 saturated heterocycles. The minimum atomic E-state index is -0.500. The lowest BCUT2D eigenvalue weighted by Crippen LogP contribution is -2.24. The Bertz CT molecular complexity index is 141. The summed E-state index contributed by atoms with van der Waals surface area (Å²) in [6.07, 6.45) is 6.12. The number of hydrogen-bond donors (Lipinski definition) is 0. The Morgan fingerprint density at radius 3 is 2.36 bits per heavy atom. The number of halogens is 1. The Labute approximate surface area is 74.7 Å². The fourth-order valence-corrected chi connectivity index (χ4v) is 2.33. The van der Waals surface area contributed by atoms with E-state index in [0.29, 0.717) is 5.92 Å². The van der Waals surface area contributed by atoms with Crippen LogP contribution in [0.1, 0.15) is 39.0 Å². The minimum Gasteiger partial charge on any atom is -0.273 e. The van der Waals surface area contributed by atoms with Gasteiger partial charge in [0.2, 0.25) is 0 Å². The Morgan fingerprint density at radius 1 is 1.36 bits per heavy atom. The number of rotatable bonds is 2. The van der Waals surface area contributed by atoms with Crippen molar-refractivity contribution in [2.45, 2.75) is 43.6 Å². The summed E-state index contributed by atoms with van der Waals surface area (Å²) in [6.45, 7) is 1.87. The van der Waals surface area contributed by atoms with Crippen LogP contribution in [-0.4, -0.2) is 4.62 Å². The summed E-state index contributed by atoms with van der Waals surface area (Å²) in [5, 5.41) is 0. The van der Waals surface area contributed by atoms with Crippen LogP contribution in [0.15, 0.2) is 0 Å². The molecule has 0 aromatic rings. The first-order chi connectivity index (χ1) is 5.17. The normalized spacial score (nSPS) is 26.7. The third kappa shape index (κ3) is 2.42. The van der Waals surface area contributed by atoms with Crippen LogP contribution in [0.5, 0.6) is 0 Å². The zero-order chi connectivity index (χ0) is 8.32. The van der Waals surface area contributed by atoms with Crippen LogP contribution in [0.4, 0.5) is 0 Å². The fraction of sp³-hybridized carbons (Fsp3) is 1.00. The second-order valence-corrected chi connectivity index (χ2v) is 5.61. The third-order valence-electron chi connectivity index (χ3n) is 2.53. The maximum absolute atomic E-state index is 10.7. The van der Waals surface area contributed by atoms with Crippen molar-refractivity contribution in [3.63, 3.8) is 0 Å². The van der Waals surface area contributed by atoms with E-state index in [1.54, 1.807) is 0 Å². The average Bonchev–Trinajstić information content (AvgIpc) is 2.06. The summed E-state index contributed by atoms with van der Waals surface area (Å²) in [7, 11) is 0.0899. The molecular formula is C8H14ClOP. The van der Waals surface area contributed by atoms with Crippen molar-refractivity contribution in [3.8, 4) is 0 Å². The second kappa shape index (κ2) is 3.87. The summed E-state index contributed by atoms with van der Waals surface area (Å²) in [5.74, 6) is 0.456. The summed E-state index contributed by atoms with van der Waals surface area (Å²) >= 11 is 6.07. The Kier molecular flexibility index (Phi) is 3.33. The highest BCUT2D eigenvalue weighted by Crippen LogP contribution is 2.43. The van der Waals surface area contributed by atoms with Gasteiger partial charge in [0, 0.05) is 0 Å². The van der Waals surface area contributed by atoms with Gasteiger partial charge >= 0.3 is 0 Å². The van der Waals surface area contributed by atoms with Crippen molar-refractivity contribution in [2.75, 3.05) is 0 Å². The summed E-state index contributed by atoms with van der Waals surface area (Å²) in [6, 6.07) is 0. The first-order valence-electron chi connectivity index (χ1n) is 4.20. The van der Waals surface area contributed by atoms with E-state index in [0.717, 1.165) is 12.8 Å². The van der Waals surface area contributed by atoms with E-state index in [-0.39, 0.29) is 8.46 Å².